The van der Waals surface area contributed by atoms with Crippen molar-refractivity contribution in [3.05, 3.63) is 76.1 Å². The Balaban J connectivity index is 1.33. The van der Waals surface area contributed by atoms with E-state index in [9.17, 15) is 14.7 Å². The number of furan rings is 1. The van der Waals surface area contributed by atoms with E-state index in [1.165, 1.54) is 11.3 Å². The standard InChI is InChI=1S/C26H25N3O4S2/c1-15-5-3-6-17(9-15)24-23(28-16(2)35-24)26(32)29-14-34-13-18(29)11-27-25(31)20-7-4-8-22-21(20)10-19(12-30)33-22/h3-10,18,30H,11-14H2,1-2H3,(H,27,31)/t18-/m1/s1. The van der Waals surface area contributed by atoms with Gasteiger partial charge >= 0.3 is 0 Å². The number of nitrogens with one attached hydrogen (secondary N) is 1. The van der Waals surface area contributed by atoms with Crippen molar-refractivity contribution in [1.82, 2.24) is 15.2 Å². The highest BCUT2D eigenvalue weighted by Crippen LogP contribution is 2.33. The normalized spacial score (nSPS) is 15.6. The van der Waals surface area contributed by atoms with Crippen LogP contribution >= 0.6 is 23.1 Å². The van der Waals surface area contributed by atoms with Crippen LogP contribution < -0.4 is 5.32 Å². The van der Waals surface area contributed by atoms with Gasteiger partial charge in [0.15, 0.2) is 0 Å². The predicted octanol–water partition coefficient (Wildman–Crippen LogP) is 4.61. The van der Waals surface area contributed by atoms with E-state index < -0.39 is 0 Å². The fraction of sp³-hybridized carbons (Fsp3) is 0.269. The minimum absolute atomic E-state index is 0.111. The van der Waals surface area contributed by atoms with Gasteiger partial charge in [0, 0.05) is 17.7 Å². The van der Waals surface area contributed by atoms with Gasteiger partial charge in [0.1, 0.15) is 23.6 Å². The van der Waals surface area contributed by atoms with Gasteiger partial charge in [-0.15, -0.1) is 23.1 Å². The lowest BCUT2D eigenvalue weighted by Crippen LogP contribution is -2.44. The van der Waals surface area contributed by atoms with Crippen LogP contribution in [0.25, 0.3) is 21.4 Å². The quantitative estimate of drug-likeness (QED) is 0.396. The number of fused-ring (bicyclic) bond motifs is 1. The number of carbonyl (C=O) groups excluding carboxylic acids is 2. The first-order valence-electron chi connectivity index (χ1n) is 11.3. The van der Waals surface area contributed by atoms with Gasteiger partial charge in [0.2, 0.25) is 0 Å². The molecule has 1 saturated heterocycles. The number of thioether (sulfide) groups is 1. The molecule has 9 heteroatoms. The molecule has 0 bridgehead atoms. The SMILES string of the molecule is Cc1cccc(-c2sc(C)nc2C(=O)N2CSC[C@H]2CNC(=O)c2cccc3oc(CO)cc23)c1. The molecule has 2 N–H and O–H groups in total. The van der Waals surface area contributed by atoms with Crippen molar-refractivity contribution in [2.24, 2.45) is 0 Å². The van der Waals surface area contributed by atoms with Gasteiger partial charge in [-0.2, -0.15) is 0 Å². The van der Waals surface area contributed by atoms with Crippen molar-refractivity contribution in [2.75, 3.05) is 18.2 Å². The Bertz CT molecular complexity index is 1410. The van der Waals surface area contributed by atoms with Crippen LogP contribution in [0, 0.1) is 13.8 Å². The average molecular weight is 508 g/mol. The summed E-state index contributed by atoms with van der Waals surface area (Å²) in [6, 6.07) is 14.9. The second-order valence-corrected chi connectivity index (χ2v) is 10.7. The Kier molecular flexibility index (Phi) is 6.64. The Hall–Kier alpha value is -3.14. The number of aryl methyl sites for hydroxylation is 2. The molecule has 2 amide bonds. The Labute approximate surface area is 211 Å². The average Bonchev–Trinajstić information content (AvgIpc) is 3.59. The highest BCUT2D eigenvalue weighted by atomic mass is 32.2. The third-order valence-electron chi connectivity index (χ3n) is 5.97. The van der Waals surface area contributed by atoms with E-state index in [1.807, 2.05) is 32.0 Å². The first-order valence-corrected chi connectivity index (χ1v) is 13.3. The number of hydrogen-bond acceptors (Lipinski definition) is 7. The lowest BCUT2D eigenvalue weighted by molar-refractivity contribution is 0.0732. The lowest BCUT2D eigenvalue weighted by Gasteiger charge is -2.24. The molecule has 1 aliphatic heterocycles. The van der Waals surface area contributed by atoms with E-state index in [0.717, 1.165) is 26.8 Å². The molecule has 0 radical (unpaired) electrons. The zero-order chi connectivity index (χ0) is 24.5. The van der Waals surface area contributed by atoms with E-state index >= 15 is 0 Å². The fourth-order valence-electron chi connectivity index (χ4n) is 4.26. The topological polar surface area (TPSA) is 95.7 Å². The number of aliphatic hydroxyl groups is 1. The maximum atomic E-state index is 13.6. The summed E-state index contributed by atoms with van der Waals surface area (Å²) >= 11 is 3.19. The van der Waals surface area contributed by atoms with Crippen molar-refractivity contribution in [3.63, 3.8) is 0 Å². The second-order valence-electron chi connectivity index (χ2n) is 8.51. The zero-order valence-electron chi connectivity index (χ0n) is 19.4. The first kappa shape index (κ1) is 23.6. The Morgan fingerprint density at radius 3 is 2.83 bits per heavy atom. The molecule has 0 saturated carbocycles. The van der Waals surface area contributed by atoms with Crippen LogP contribution in [0.4, 0.5) is 0 Å². The molecule has 5 rings (SSSR count). The van der Waals surface area contributed by atoms with Crippen LogP contribution in [-0.2, 0) is 6.61 Å². The molecule has 35 heavy (non-hydrogen) atoms. The molecule has 4 aromatic rings. The number of carbonyl (C=O) groups is 2. The molecule has 1 fully saturated rings. The molecule has 2 aromatic carbocycles. The van der Waals surface area contributed by atoms with Crippen molar-refractivity contribution < 1.29 is 19.1 Å². The summed E-state index contributed by atoms with van der Waals surface area (Å²) in [5.74, 6) is 1.35. The number of amides is 2. The van der Waals surface area contributed by atoms with Gasteiger partial charge in [0.05, 0.1) is 27.4 Å². The summed E-state index contributed by atoms with van der Waals surface area (Å²) in [4.78, 5) is 33.8. The van der Waals surface area contributed by atoms with Crippen molar-refractivity contribution >= 4 is 45.9 Å². The molecule has 180 valence electrons. The summed E-state index contributed by atoms with van der Waals surface area (Å²) < 4.78 is 5.55. The van der Waals surface area contributed by atoms with Gasteiger partial charge in [-0.05, 0) is 37.6 Å². The van der Waals surface area contributed by atoms with Crippen LogP contribution in [-0.4, -0.2) is 51.0 Å². The molecule has 0 unspecified atom stereocenters. The number of nitrogens with zero attached hydrogens (tertiary/aromatic N) is 2. The monoisotopic (exact) mass is 507 g/mol. The Morgan fingerprint density at radius 1 is 1.20 bits per heavy atom. The van der Waals surface area contributed by atoms with Gasteiger partial charge in [-0.25, -0.2) is 4.98 Å². The van der Waals surface area contributed by atoms with E-state index in [2.05, 4.69) is 16.4 Å². The number of benzene rings is 2. The van der Waals surface area contributed by atoms with Crippen LogP contribution in [0.3, 0.4) is 0 Å². The first-order chi connectivity index (χ1) is 16.9. The van der Waals surface area contributed by atoms with Crippen molar-refractivity contribution in [2.45, 2.75) is 26.5 Å². The van der Waals surface area contributed by atoms with Crippen LogP contribution in [0.1, 0.15) is 37.2 Å². The second kappa shape index (κ2) is 9.85. The number of aromatic nitrogens is 1. The lowest BCUT2D eigenvalue weighted by atomic mass is 10.1. The van der Waals surface area contributed by atoms with Crippen LogP contribution in [0.15, 0.2) is 52.9 Å². The third kappa shape index (κ3) is 4.71. The molecule has 1 aliphatic rings. The fourth-order valence-corrected chi connectivity index (χ4v) is 6.37. The number of aliphatic hydroxyl groups excluding tert-OH is 1. The maximum Gasteiger partial charge on any atom is 0.275 e. The third-order valence-corrected chi connectivity index (χ3v) is 8.07. The van der Waals surface area contributed by atoms with Gasteiger partial charge in [-0.3, -0.25) is 9.59 Å². The van der Waals surface area contributed by atoms with E-state index in [-0.39, 0.29) is 24.5 Å². The van der Waals surface area contributed by atoms with Gasteiger partial charge in [0.25, 0.3) is 11.8 Å². The van der Waals surface area contributed by atoms with Gasteiger partial charge in [-0.1, -0.05) is 35.9 Å². The highest BCUT2D eigenvalue weighted by Gasteiger charge is 2.33. The summed E-state index contributed by atoms with van der Waals surface area (Å²) in [7, 11) is 0. The molecule has 0 aliphatic carbocycles. The maximum absolute atomic E-state index is 13.6. The smallest absolute Gasteiger partial charge is 0.275 e. The molecule has 0 spiro atoms. The minimum atomic E-state index is -0.241. The van der Waals surface area contributed by atoms with Crippen molar-refractivity contribution in [3.8, 4) is 10.4 Å². The van der Waals surface area contributed by atoms with Crippen molar-refractivity contribution in [1.29, 1.82) is 0 Å². The Morgan fingerprint density at radius 2 is 2.03 bits per heavy atom. The van der Waals surface area contributed by atoms with E-state index in [0.29, 0.717) is 40.4 Å². The molecule has 2 aromatic heterocycles. The summed E-state index contributed by atoms with van der Waals surface area (Å²) in [5.41, 5.74) is 3.62. The van der Waals surface area contributed by atoms with Crippen LogP contribution in [0.5, 0.6) is 0 Å². The molecule has 7 nitrogen and oxygen atoms in total. The highest BCUT2D eigenvalue weighted by molar-refractivity contribution is 7.99. The summed E-state index contributed by atoms with van der Waals surface area (Å²) in [5, 5.41) is 13.8. The van der Waals surface area contributed by atoms with E-state index in [1.54, 1.807) is 40.9 Å². The number of thiazole rings is 1. The zero-order valence-corrected chi connectivity index (χ0v) is 21.0. The van der Waals surface area contributed by atoms with E-state index in [4.69, 9.17) is 4.42 Å². The summed E-state index contributed by atoms with van der Waals surface area (Å²) in [6.07, 6.45) is 0. The number of rotatable bonds is 6. The molecular formula is C26H25N3O4S2. The molecule has 3 heterocycles. The van der Waals surface area contributed by atoms with Gasteiger partial charge < -0.3 is 19.7 Å². The molecular weight excluding hydrogens is 482 g/mol. The number of hydrogen-bond donors (Lipinski definition) is 2. The minimum Gasteiger partial charge on any atom is -0.459 e. The van der Waals surface area contributed by atoms with Crippen LogP contribution in [0.2, 0.25) is 0 Å². The molecule has 1 atom stereocenters. The summed E-state index contributed by atoms with van der Waals surface area (Å²) in [6.45, 7) is 4.05. The predicted molar refractivity (Wildman–Crippen MR) is 139 cm³/mol. The largest absolute Gasteiger partial charge is 0.459 e.